The normalized spacial score (nSPS) is 17.6. The molecule has 1 saturated heterocycles. The van der Waals surface area contributed by atoms with Crippen molar-refractivity contribution in [1.29, 1.82) is 0 Å². The molecule has 0 aliphatic carbocycles. The fraction of sp³-hybridized carbons (Fsp3) is 0.619. The minimum atomic E-state index is -0.550. The average Bonchev–Trinajstić information content (AvgIpc) is 2.60. The van der Waals surface area contributed by atoms with E-state index in [1.807, 2.05) is 45.6 Å². The number of likely N-dealkylation sites (tertiary alicyclic amines) is 1. The summed E-state index contributed by atoms with van der Waals surface area (Å²) < 4.78 is 5.47. The summed E-state index contributed by atoms with van der Waals surface area (Å²) >= 11 is 12.1. The SMILES string of the molecule is CC(C)N(Cc1ccc(Cl)c(Cl)c1)C(=O)[C@H]1CCCN(C(=O)OC(C)(C)C)C1. The van der Waals surface area contributed by atoms with Gasteiger partial charge in [-0.1, -0.05) is 29.3 Å². The zero-order valence-corrected chi connectivity index (χ0v) is 18.8. The van der Waals surface area contributed by atoms with Crippen LogP contribution < -0.4 is 0 Å². The number of hydrogen-bond acceptors (Lipinski definition) is 3. The summed E-state index contributed by atoms with van der Waals surface area (Å²) in [5.74, 6) is -0.180. The molecule has 1 aromatic rings. The number of rotatable bonds is 4. The van der Waals surface area contributed by atoms with Gasteiger partial charge in [0.15, 0.2) is 0 Å². The molecule has 0 saturated carbocycles. The van der Waals surface area contributed by atoms with E-state index in [0.717, 1.165) is 18.4 Å². The van der Waals surface area contributed by atoms with Gasteiger partial charge < -0.3 is 14.5 Å². The highest BCUT2D eigenvalue weighted by Crippen LogP contribution is 2.26. The summed E-state index contributed by atoms with van der Waals surface area (Å²) in [6.45, 7) is 11.0. The predicted molar refractivity (Wildman–Crippen MR) is 113 cm³/mol. The van der Waals surface area contributed by atoms with E-state index in [1.54, 1.807) is 17.0 Å². The lowest BCUT2D eigenvalue weighted by Gasteiger charge is -2.37. The zero-order valence-electron chi connectivity index (χ0n) is 17.3. The highest BCUT2D eigenvalue weighted by molar-refractivity contribution is 6.42. The smallest absolute Gasteiger partial charge is 0.410 e. The third-order valence-corrected chi connectivity index (χ3v) is 5.40. The molecule has 0 radical (unpaired) electrons. The first-order chi connectivity index (χ1) is 13.0. The van der Waals surface area contributed by atoms with Crippen LogP contribution in [0.25, 0.3) is 0 Å². The molecular formula is C21H30Cl2N2O3. The number of piperidine rings is 1. The molecule has 1 fully saturated rings. The van der Waals surface area contributed by atoms with Crippen molar-refractivity contribution in [1.82, 2.24) is 9.80 Å². The number of carbonyl (C=O) groups is 2. The molecule has 7 heteroatoms. The van der Waals surface area contributed by atoms with Crippen LogP contribution >= 0.6 is 23.2 Å². The first-order valence-electron chi connectivity index (χ1n) is 9.70. The molecule has 28 heavy (non-hydrogen) atoms. The van der Waals surface area contributed by atoms with Crippen molar-refractivity contribution < 1.29 is 14.3 Å². The summed E-state index contributed by atoms with van der Waals surface area (Å²) in [6, 6.07) is 5.44. The fourth-order valence-corrected chi connectivity index (χ4v) is 3.58. The lowest BCUT2D eigenvalue weighted by atomic mass is 9.96. The van der Waals surface area contributed by atoms with Crippen molar-refractivity contribution >= 4 is 35.2 Å². The van der Waals surface area contributed by atoms with Gasteiger partial charge in [0.25, 0.3) is 0 Å². The largest absolute Gasteiger partial charge is 0.444 e. The van der Waals surface area contributed by atoms with Crippen molar-refractivity contribution in [3.8, 4) is 0 Å². The Morgan fingerprint density at radius 1 is 1.25 bits per heavy atom. The summed E-state index contributed by atoms with van der Waals surface area (Å²) in [7, 11) is 0. The van der Waals surface area contributed by atoms with Crippen LogP contribution in [0.3, 0.4) is 0 Å². The van der Waals surface area contributed by atoms with E-state index in [0.29, 0.717) is 29.7 Å². The molecule has 1 aromatic carbocycles. The second-order valence-corrected chi connectivity index (χ2v) is 9.39. The number of halogens is 2. The number of amides is 2. The first kappa shape index (κ1) is 22.8. The van der Waals surface area contributed by atoms with Crippen molar-refractivity contribution in [2.45, 2.75) is 65.6 Å². The van der Waals surface area contributed by atoms with Gasteiger partial charge in [-0.25, -0.2) is 4.79 Å². The Kier molecular flexibility index (Phi) is 7.63. The van der Waals surface area contributed by atoms with Gasteiger partial charge in [-0.05, 0) is 65.2 Å². The number of benzene rings is 1. The standard InChI is InChI=1S/C21H30Cl2N2O3/c1-14(2)25(12-15-8-9-17(22)18(23)11-15)19(26)16-7-6-10-24(13-16)20(27)28-21(3,4)5/h8-9,11,14,16H,6-7,10,12-13H2,1-5H3/t16-/m0/s1. The van der Waals surface area contributed by atoms with E-state index in [9.17, 15) is 9.59 Å². The average molecular weight is 429 g/mol. The van der Waals surface area contributed by atoms with Crippen LogP contribution in [-0.4, -0.2) is 46.5 Å². The minimum Gasteiger partial charge on any atom is -0.444 e. The monoisotopic (exact) mass is 428 g/mol. The highest BCUT2D eigenvalue weighted by atomic mass is 35.5. The Hall–Kier alpha value is -1.46. The Balaban J connectivity index is 2.09. The molecule has 1 heterocycles. The molecule has 2 amide bonds. The van der Waals surface area contributed by atoms with Crippen molar-refractivity contribution in [3.63, 3.8) is 0 Å². The molecule has 1 aliphatic rings. The topological polar surface area (TPSA) is 49.9 Å². The molecule has 1 aliphatic heterocycles. The number of ether oxygens (including phenoxy) is 1. The quantitative estimate of drug-likeness (QED) is 0.646. The lowest BCUT2D eigenvalue weighted by Crippen LogP contribution is -2.49. The van der Waals surface area contributed by atoms with Crippen LogP contribution in [0, 0.1) is 5.92 Å². The number of hydrogen-bond donors (Lipinski definition) is 0. The number of nitrogens with zero attached hydrogens (tertiary/aromatic N) is 2. The van der Waals surface area contributed by atoms with E-state index in [4.69, 9.17) is 27.9 Å². The van der Waals surface area contributed by atoms with E-state index in [2.05, 4.69) is 0 Å². The van der Waals surface area contributed by atoms with Gasteiger partial charge in [0.05, 0.1) is 16.0 Å². The minimum absolute atomic E-state index is 0.0267. The predicted octanol–water partition coefficient (Wildman–Crippen LogP) is 5.38. The maximum Gasteiger partial charge on any atom is 0.410 e. The van der Waals surface area contributed by atoms with E-state index < -0.39 is 5.60 Å². The van der Waals surface area contributed by atoms with E-state index in [-0.39, 0.29) is 24.0 Å². The van der Waals surface area contributed by atoms with Gasteiger partial charge in [0.1, 0.15) is 5.60 Å². The Labute approximate surface area is 177 Å². The maximum absolute atomic E-state index is 13.2. The lowest BCUT2D eigenvalue weighted by molar-refractivity contribution is -0.139. The first-order valence-corrected chi connectivity index (χ1v) is 10.5. The molecule has 156 valence electrons. The van der Waals surface area contributed by atoms with Crippen LogP contribution in [0.1, 0.15) is 53.0 Å². The molecule has 1 atom stereocenters. The van der Waals surface area contributed by atoms with Gasteiger partial charge in [-0.2, -0.15) is 0 Å². The summed E-state index contributed by atoms with van der Waals surface area (Å²) in [5.41, 5.74) is 0.377. The Bertz CT molecular complexity index is 716. The molecule has 0 aromatic heterocycles. The van der Waals surface area contributed by atoms with Gasteiger partial charge in [0.2, 0.25) is 5.91 Å². The van der Waals surface area contributed by atoms with E-state index >= 15 is 0 Å². The van der Waals surface area contributed by atoms with Crippen LogP contribution in [0.2, 0.25) is 10.0 Å². The van der Waals surface area contributed by atoms with Crippen LogP contribution in [0.4, 0.5) is 4.79 Å². The molecule has 0 spiro atoms. The fourth-order valence-electron chi connectivity index (χ4n) is 3.26. The van der Waals surface area contributed by atoms with Gasteiger partial charge >= 0.3 is 6.09 Å². The second-order valence-electron chi connectivity index (χ2n) is 8.57. The van der Waals surface area contributed by atoms with Gasteiger partial charge in [-0.3, -0.25) is 4.79 Å². The third kappa shape index (κ3) is 6.28. The van der Waals surface area contributed by atoms with Crippen molar-refractivity contribution in [2.75, 3.05) is 13.1 Å². The van der Waals surface area contributed by atoms with Gasteiger partial charge in [0, 0.05) is 25.7 Å². The molecule has 5 nitrogen and oxygen atoms in total. The van der Waals surface area contributed by atoms with Crippen LogP contribution in [0.5, 0.6) is 0 Å². The third-order valence-electron chi connectivity index (χ3n) is 4.67. The van der Waals surface area contributed by atoms with Crippen molar-refractivity contribution in [2.24, 2.45) is 5.92 Å². The summed E-state index contributed by atoms with van der Waals surface area (Å²) in [4.78, 5) is 29.1. The molecule has 2 rings (SSSR count). The van der Waals surface area contributed by atoms with Crippen molar-refractivity contribution in [3.05, 3.63) is 33.8 Å². The van der Waals surface area contributed by atoms with Gasteiger partial charge in [-0.15, -0.1) is 0 Å². The van der Waals surface area contributed by atoms with E-state index in [1.165, 1.54) is 0 Å². The Morgan fingerprint density at radius 2 is 1.93 bits per heavy atom. The Morgan fingerprint density at radius 3 is 2.50 bits per heavy atom. The zero-order chi connectivity index (χ0) is 21.1. The second kappa shape index (κ2) is 9.36. The maximum atomic E-state index is 13.2. The highest BCUT2D eigenvalue weighted by Gasteiger charge is 2.33. The molecule has 0 unspecified atom stereocenters. The molecule has 0 N–H and O–H groups in total. The molecule has 0 bridgehead atoms. The van der Waals surface area contributed by atoms with Crippen LogP contribution in [0.15, 0.2) is 18.2 Å². The van der Waals surface area contributed by atoms with Crippen LogP contribution in [-0.2, 0) is 16.1 Å². The summed E-state index contributed by atoms with van der Waals surface area (Å²) in [6.07, 6.45) is 1.20. The summed E-state index contributed by atoms with van der Waals surface area (Å²) in [5, 5.41) is 0.970. The molecular weight excluding hydrogens is 399 g/mol. The number of carbonyl (C=O) groups excluding carboxylic acids is 2.